The molecule has 1 atom stereocenters. The fourth-order valence-electron chi connectivity index (χ4n) is 0.935. The van der Waals surface area contributed by atoms with Gasteiger partial charge in [-0.25, -0.2) is 0 Å². The third-order valence-corrected chi connectivity index (χ3v) is 1.51. The molecule has 1 aliphatic rings. The summed E-state index contributed by atoms with van der Waals surface area (Å²) in [7, 11) is 3.37. The van der Waals surface area contributed by atoms with Crippen molar-refractivity contribution in [1.82, 2.24) is 5.32 Å². The van der Waals surface area contributed by atoms with Crippen molar-refractivity contribution < 1.29 is 4.74 Å². The molecule has 55 valence electrons. The Morgan fingerprint density at radius 1 is 1.70 bits per heavy atom. The van der Waals surface area contributed by atoms with Gasteiger partial charge in [-0.1, -0.05) is 6.08 Å². The molecule has 1 rings (SSSR count). The van der Waals surface area contributed by atoms with E-state index in [-0.39, 0.29) is 0 Å². The van der Waals surface area contributed by atoms with Crippen LogP contribution in [0.3, 0.4) is 0 Å². The van der Waals surface area contributed by atoms with Crippen LogP contribution in [-0.4, -0.2) is 5.72 Å². The van der Waals surface area contributed by atoms with E-state index in [2.05, 4.69) is 12.4 Å². The summed E-state index contributed by atoms with van der Waals surface area (Å²) in [6.07, 6.45) is 5.87. The van der Waals surface area contributed by atoms with Gasteiger partial charge >= 0.3 is 0 Å². The Kier molecular flexibility index (Phi) is 1.81. The van der Waals surface area contributed by atoms with Crippen LogP contribution in [0, 0.1) is 7.11 Å². The minimum Gasteiger partial charge on any atom is -0.358 e. The maximum absolute atomic E-state index is 4.96. The van der Waals surface area contributed by atoms with Gasteiger partial charge in [0.2, 0.25) is 0 Å². The van der Waals surface area contributed by atoms with Crippen molar-refractivity contribution in [3.63, 3.8) is 0 Å². The first-order valence-electron chi connectivity index (χ1n) is 3.24. The molecular formula is C8H12NO. The maximum atomic E-state index is 4.96. The highest BCUT2D eigenvalue weighted by Gasteiger charge is 2.20. The third kappa shape index (κ3) is 1.39. The zero-order valence-electron chi connectivity index (χ0n) is 6.35. The highest BCUT2D eigenvalue weighted by Crippen LogP contribution is 2.13. The van der Waals surface area contributed by atoms with Gasteiger partial charge in [-0.05, 0) is 26.0 Å². The van der Waals surface area contributed by atoms with Crippen molar-refractivity contribution in [3.05, 3.63) is 31.0 Å². The molecule has 2 heteroatoms. The molecule has 0 spiro atoms. The molecule has 0 amide bonds. The van der Waals surface area contributed by atoms with Crippen molar-refractivity contribution in [2.24, 2.45) is 0 Å². The molecule has 1 aliphatic heterocycles. The van der Waals surface area contributed by atoms with E-state index in [9.17, 15) is 0 Å². The van der Waals surface area contributed by atoms with E-state index < -0.39 is 5.72 Å². The molecule has 2 nitrogen and oxygen atoms in total. The third-order valence-electron chi connectivity index (χ3n) is 1.51. The first kappa shape index (κ1) is 7.35. The van der Waals surface area contributed by atoms with E-state index in [0.29, 0.717) is 0 Å². The van der Waals surface area contributed by atoms with E-state index in [4.69, 9.17) is 4.74 Å². The highest BCUT2D eigenvalue weighted by molar-refractivity contribution is 5.20. The predicted molar refractivity (Wildman–Crippen MR) is 40.9 cm³/mol. The number of ether oxygens (including phenoxy) is 1. The lowest BCUT2D eigenvalue weighted by atomic mass is 10.1. The van der Waals surface area contributed by atoms with Crippen LogP contribution in [0.25, 0.3) is 0 Å². The molecule has 1 radical (unpaired) electrons. The number of nitrogens with one attached hydrogen (secondary N) is 1. The first-order chi connectivity index (χ1) is 4.66. The van der Waals surface area contributed by atoms with Crippen molar-refractivity contribution in [2.75, 3.05) is 0 Å². The molecule has 0 saturated heterocycles. The van der Waals surface area contributed by atoms with Crippen molar-refractivity contribution in [1.29, 1.82) is 0 Å². The topological polar surface area (TPSA) is 21.3 Å². The van der Waals surface area contributed by atoms with Gasteiger partial charge in [-0.15, -0.1) is 0 Å². The van der Waals surface area contributed by atoms with E-state index in [1.54, 1.807) is 0 Å². The largest absolute Gasteiger partial charge is 0.358 e. The van der Waals surface area contributed by atoms with Gasteiger partial charge in [0.05, 0.1) is 7.11 Å². The number of dihydropyridines is 1. The molecule has 0 saturated carbocycles. The number of hydrogen-bond donors (Lipinski definition) is 1. The van der Waals surface area contributed by atoms with Gasteiger partial charge in [0.15, 0.2) is 5.72 Å². The predicted octanol–water partition coefficient (Wildman–Crippen LogP) is 1.57. The number of hydrogen-bond acceptors (Lipinski definition) is 2. The van der Waals surface area contributed by atoms with Crippen LogP contribution in [0.15, 0.2) is 23.9 Å². The molecule has 0 bridgehead atoms. The second-order valence-electron chi connectivity index (χ2n) is 2.59. The zero-order chi connectivity index (χ0) is 7.61. The van der Waals surface area contributed by atoms with Gasteiger partial charge in [0, 0.05) is 5.70 Å². The van der Waals surface area contributed by atoms with Crippen LogP contribution in [0.5, 0.6) is 0 Å². The lowest BCUT2D eigenvalue weighted by Crippen LogP contribution is -2.41. The molecule has 0 aromatic heterocycles. The molecular weight excluding hydrogens is 126 g/mol. The van der Waals surface area contributed by atoms with Crippen LogP contribution in [0.1, 0.15) is 13.8 Å². The van der Waals surface area contributed by atoms with E-state index in [1.165, 1.54) is 0 Å². The van der Waals surface area contributed by atoms with Crippen LogP contribution in [0.4, 0.5) is 0 Å². The Morgan fingerprint density at radius 3 is 2.80 bits per heavy atom. The Bertz CT molecular complexity index is 184. The summed E-state index contributed by atoms with van der Waals surface area (Å²) < 4.78 is 4.96. The van der Waals surface area contributed by atoms with Gasteiger partial charge in [-0.2, -0.15) is 0 Å². The van der Waals surface area contributed by atoms with Gasteiger partial charge in [0.25, 0.3) is 0 Å². The first-order valence-corrected chi connectivity index (χ1v) is 3.24. The Morgan fingerprint density at radius 2 is 2.40 bits per heavy atom. The van der Waals surface area contributed by atoms with Crippen molar-refractivity contribution >= 4 is 0 Å². The summed E-state index contributed by atoms with van der Waals surface area (Å²) in [4.78, 5) is 0. The SMILES string of the molecule is [CH2]OC1(C)C=CC=C(C)N1. The highest BCUT2D eigenvalue weighted by atomic mass is 16.5. The Hall–Kier alpha value is -0.760. The van der Waals surface area contributed by atoms with Gasteiger partial charge in [-0.3, -0.25) is 0 Å². The minimum absolute atomic E-state index is 0.418. The molecule has 0 fully saturated rings. The Labute approximate surface area is 61.6 Å². The normalized spacial score (nSPS) is 31.3. The van der Waals surface area contributed by atoms with Crippen LogP contribution in [0.2, 0.25) is 0 Å². The maximum Gasteiger partial charge on any atom is 0.155 e. The van der Waals surface area contributed by atoms with E-state index in [0.717, 1.165) is 5.70 Å². The van der Waals surface area contributed by atoms with Crippen LogP contribution < -0.4 is 5.32 Å². The monoisotopic (exact) mass is 138 g/mol. The lowest BCUT2D eigenvalue weighted by molar-refractivity contribution is 0.0558. The molecule has 0 aliphatic carbocycles. The smallest absolute Gasteiger partial charge is 0.155 e. The van der Waals surface area contributed by atoms with Gasteiger partial charge in [0.1, 0.15) is 0 Å². The van der Waals surface area contributed by atoms with Crippen LogP contribution >= 0.6 is 0 Å². The minimum atomic E-state index is -0.418. The van der Waals surface area contributed by atoms with Crippen LogP contribution in [-0.2, 0) is 4.74 Å². The fourth-order valence-corrected chi connectivity index (χ4v) is 0.935. The number of rotatable bonds is 1. The fraction of sp³-hybridized carbons (Fsp3) is 0.375. The summed E-state index contributed by atoms with van der Waals surface area (Å²) in [6, 6.07) is 0. The van der Waals surface area contributed by atoms with E-state index >= 15 is 0 Å². The standard InChI is InChI=1S/C8H12NO/c1-7-5-4-6-8(2,9-7)10-3/h4-6,9H,3H2,1-2H3. The molecule has 1 heterocycles. The summed E-state index contributed by atoms with van der Waals surface area (Å²) in [5.41, 5.74) is 0.674. The van der Waals surface area contributed by atoms with Crippen molar-refractivity contribution in [3.8, 4) is 0 Å². The summed E-state index contributed by atoms with van der Waals surface area (Å²) in [6.45, 7) is 3.91. The van der Waals surface area contributed by atoms with E-state index in [1.807, 2.05) is 32.1 Å². The summed E-state index contributed by atoms with van der Waals surface area (Å²) in [5, 5.41) is 3.13. The average Bonchev–Trinajstić information content (AvgIpc) is 1.88. The molecule has 0 aromatic carbocycles. The lowest BCUT2D eigenvalue weighted by Gasteiger charge is -2.29. The Balaban J connectivity index is 2.71. The second-order valence-corrected chi connectivity index (χ2v) is 2.59. The second kappa shape index (κ2) is 2.46. The zero-order valence-corrected chi connectivity index (χ0v) is 6.35. The molecule has 1 unspecified atom stereocenters. The average molecular weight is 138 g/mol. The molecule has 1 N–H and O–H groups in total. The van der Waals surface area contributed by atoms with Gasteiger partial charge < -0.3 is 10.1 Å². The molecule has 10 heavy (non-hydrogen) atoms. The summed E-state index contributed by atoms with van der Waals surface area (Å²) >= 11 is 0. The molecule has 0 aromatic rings. The quantitative estimate of drug-likeness (QED) is 0.594. The van der Waals surface area contributed by atoms with Crippen molar-refractivity contribution in [2.45, 2.75) is 19.6 Å². The summed E-state index contributed by atoms with van der Waals surface area (Å²) in [5.74, 6) is 0. The number of allylic oxidation sites excluding steroid dienone is 3.